The van der Waals surface area contributed by atoms with Crippen LogP contribution in [0.2, 0.25) is 0 Å². The molecule has 1 heteroatoms. The number of aromatic amines is 1. The highest BCUT2D eigenvalue weighted by Gasteiger charge is 1.86. The minimum Gasteiger partial charge on any atom is -0.361 e. The number of nitrogens with one attached hydrogen (secondary N) is 1. The summed E-state index contributed by atoms with van der Waals surface area (Å²) >= 11 is 0. The van der Waals surface area contributed by atoms with Crippen molar-refractivity contribution >= 4 is 10.9 Å². The lowest BCUT2D eigenvalue weighted by Crippen LogP contribution is -1.61. The third-order valence-electron chi connectivity index (χ3n) is 1.38. The van der Waals surface area contributed by atoms with Crippen LogP contribution in [0.15, 0.2) is 36.5 Å². The van der Waals surface area contributed by atoms with Crippen LogP contribution in [0.1, 0.15) is 1.37 Å². The minimum atomic E-state index is 0.558. The first-order chi connectivity index (χ1) is 4.88. The maximum absolute atomic E-state index is 7.45. The monoisotopic (exact) mass is 118 g/mol. The molecule has 0 saturated carbocycles. The van der Waals surface area contributed by atoms with E-state index in [4.69, 9.17) is 1.37 Å². The van der Waals surface area contributed by atoms with Crippen molar-refractivity contribution in [3.05, 3.63) is 36.5 Å². The molecule has 0 amide bonds. The SMILES string of the molecule is [2H]c1cccc2cc[nH]c12. The van der Waals surface area contributed by atoms with E-state index < -0.39 is 0 Å². The molecule has 0 unspecified atom stereocenters. The van der Waals surface area contributed by atoms with Crippen molar-refractivity contribution in [2.24, 2.45) is 0 Å². The van der Waals surface area contributed by atoms with E-state index in [9.17, 15) is 0 Å². The summed E-state index contributed by atoms with van der Waals surface area (Å²) in [5.41, 5.74) is 0.919. The van der Waals surface area contributed by atoms with Gasteiger partial charge in [-0.1, -0.05) is 18.2 Å². The third-order valence-corrected chi connectivity index (χ3v) is 1.38. The van der Waals surface area contributed by atoms with Crippen LogP contribution < -0.4 is 0 Å². The number of hydrogen-bond acceptors (Lipinski definition) is 0. The summed E-state index contributed by atoms with van der Waals surface area (Å²) in [6.07, 6.45) is 1.85. The van der Waals surface area contributed by atoms with E-state index in [0.717, 1.165) is 10.9 Å². The Kier molecular flexibility index (Phi) is 0.671. The number of benzene rings is 1. The molecule has 9 heavy (non-hydrogen) atoms. The topological polar surface area (TPSA) is 15.8 Å². The summed E-state index contributed by atoms with van der Waals surface area (Å²) in [6.45, 7) is 0. The smallest absolute Gasteiger partial charge is 0.0645 e. The summed E-state index contributed by atoms with van der Waals surface area (Å²) in [4.78, 5) is 3.00. The lowest BCUT2D eigenvalue weighted by Gasteiger charge is -1.83. The van der Waals surface area contributed by atoms with Crippen LogP contribution in [-0.4, -0.2) is 4.98 Å². The first-order valence-electron chi connectivity index (χ1n) is 3.40. The highest BCUT2D eigenvalue weighted by Crippen LogP contribution is 2.09. The molecule has 0 atom stereocenters. The molecule has 0 radical (unpaired) electrons. The molecule has 0 aliphatic carbocycles. The van der Waals surface area contributed by atoms with Gasteiger partial charge in [-0.3, -0.25) is 0 Å². The Balaban J connectivity index is 2.95. The van der Waals surface area contributed by atoms with Gasteiger partial charge in [0.25, 0.3) is 0 Å². The van der Waals surface area contributed by atoms with Crippen LogP contribution in [0.5, 0.6) is 0 Å². The summed E-state index contributed by atoms with van der Waals surface area (Å²) in [6, 6.07) is 8.18. The zero-order valence-corrected chi connectivity index (χ0v) is 4.89. The quantitative estimate of drug-likeness (QED) is 0.545. The van der Waals surface area contributed by atoms with Crippen molar-refractivity contribution in [3.8, 4) is 0 Å². The molecule has 2 rings (SSSR count). The van der Waals surface area contributed by atoms with E-state index in [1.54, 1.807) is 6.07 Å². The summed E-state index contributed by atoms with van der Waals surface area (Å²) in [5.74, 6) is 0. The molecule has 0 aliphatic rings. The molecular weight excluding hydrogens is 110 g/mol. The van der Waals surface area contributed by atoms with Gasteiger partial charge in [0.1, 0.15) is 0 Å². The van der Waals surface area contributed by atoms with Crippen molar-refractivity contribution < 1.29 is 1.37 Å². The maximum atomic E-state index is 7.45. The van der Waals surface area contributed by atoms with Crippen molar-refractivity contribution in [2.45, 2.75) is 0 Å². The second kappa shape index (κ2) is 1.62. The first kappa shape index (κ1) is 3.72. The Morgan fingerprint density at radius 2 is 2.33 bits per heavy atom. The Bertz CT molecular complexity index is 351. The Morgan fingerprint density at radius 1 is 1.33 bits per heavy atom. The van der Waals surface area contributed by atoms with E-state index in [1.165, 1.54) is 0 Å². The molecule has 1 nitrogen and oxygen atoms in total. The number of rotatable bonds is 0. The van der Waals surface area contributed by atoms with Crippen molar-refractivity contribution in [3.63, 3.8) is 0 Å². The largest absolute Gasteiger partial charge is 0.361 e. The predicted octanol–water partition coefficient (Wildman–Crippen LogP) is 2.17. The van der Waals surface area contributed by atoms with Gasteiger partial charge in [-0.05, 0) is 17.5 Å². The van der Waals surface area contributed by atoms with Gasteiger partial charge in [-0.25, -0.2) is 0 Å². The van der Waals surface area contributed by atoms with Crippen LogP contribution >= 0.6 is 0 Å². The van der Waals surface area contributed by atoms with E-state index in [-0.39, 0.29) is 0 Å². The minimum absolute atomic E-state index is 0.558. The second-order valence-corrected chi connectivity index (χ2v) is 1.98. The van der Waals surface area contributed by atoms with Crippen molar-refractivity contribution in [1.82, 2.24) is 4.98 Å². The van der Waals surface area contributed by atoms with Gasteiger partial charge >= 0.3 is 0 Å². The third kappa shape index (κ3) is 0.617. The Labute approximate surface area is 54.7 Å². The molecule has 1 heterocycles. The second-order valence-electron chi connectivity index (χ2n) is 1.98. The molecule has 0 fully saturated rings. The molecule has 0 spiro atoms. The van der Waals surface area contributed by atoms with Gasteiger partial charge < -0.3 is 4.98 Å². The number of fused-ring (bicyclic) bond motifs is 1. The van der Waals surface area contributed by atoms with Gasteiger partial charge in [0.05, 0.1) is 1.37 Å². The molecule has 0 bridgehead atoms. The normalized spacial score (nSPS) is 11.8. The van der Waals surface area contributed by atoms with E-state index in [2.05, 4.69) is 4.98 Å². The number of aromatic nitrogens is 1. The van der Waals surface area contributed by atoms with Crippen LogP contribution in [0.3, 0.4) is 0 Å². The van der Waals surface area contributed by atoms with Gasteiger partial charge in [0.2, 0.25) is 0 Å². The van der Waals surface area contributed by atoms with Crippen LogP contribution in [0.25, 0.3) is 10.9 Å². The van der Waals surface area contributed by atoms with E-state index >= 15 is 0 Å². The van der Waals surface area contributed by atoms with Gasteiger partial charge in [-0.15, -0.1) is 0 Å². The maximum Gasteiger partial charge on any atom is 0.0645 e. The van der Waals surface area contributed by atoms with E-state index in [1.807, 2.05) is 24.4 Å². The lowest BCUT2D eigenvalue weighted by atomic mass is 10.3. The molecule has 1 aromatic carbocycles. The molecule has 1 N–H and O–H groups in total. The summed E-state index contributed by atoms with van der Waals surface area (Å²) < 4.78 is 7.45. The Morgan fingerprint density at radius 3 is 3.22 bits per heavy atom. The van der Waals surface area contributed by atoms with Crippen LogP contribution in [0.4, 0.5) is 0 Å². The summed E-state index contributed by atoms with van der Waals surface area (Å²) in [5, 5.41) is 1.10. The fourth-order valence-electron chi connectivity index (χ4n) is 0.929. The first-order valence-corrected chi connectivity index (χ1v) is 2.90. The van der Waals surface area contributed by atoms with Gasteiger partial charge in [-0.2, -0.15) is 0 Å². The number of para-hydroxylation sites is 1. The average molecular weight is 118 g/mol. The average Bonchev–Trinajstić information content (AvgIpc) is 2.36. The fourth-order valence-corrected chi connectivity index (χ4v) is 0.929. The summed E-state index contributed by atoms with van der Waals surface area (Å²) in [7, 11) is 0. The number of hydrogen-bond donors (Lipinski definition) is 1. The Hall–Kier alpha value is -1.24. The molecule has 44 valence electrons. The van der Waals surface area contributed by atoms with Crippen molar-refractivity contribution in [1.29, 1.82) is 0 Å². The van der Waals surface area contributed by atoms with Crippen LogP contribution in [-0.2, 0) is 0 Å². The highest BCUT2D eigenvalue weighted by atomic mass is 14.6. The lowest BCUT2D eigenvalue weighted by molar-refractivity contribution is 1.48. The highest BCUT2D eigenvalue weighted by molar-refractivity contribution is 5.78. The van der Waals surface area contributed by atoms with E-state index in [0.29, 0.717) is 6.04 Å². The van der Waals surface area contributed by atoms with Crippen molar-refractivity contribution in [2.75, 3.05) is 0 Å². The van der Waals surface area contributed by atoms with Gasteiger partial charge in [0, 0.05) is 11.7 Å². The number of H-pyrrole nitrogens is 1. The standard InChI is InChI=1S/C8H7N/c1-2-4-8-7(3-1)5-6-9-8/h1-6,9H/i4D. The molecule has 2 aromatic rings. The molecule has 1 aromatic heterocycles. The zero-order chi connectivity index (χ0) is 6.97. The molecule has 0 aliphatic heterocycles. The fraction of sp³-hybridized carbons (Fsp3) is 0. The molecular formula is C8H7N. The van der Waals surface area contributed by atoms with Gasteiger partial charge in [0.15, 0.2) is 0 Å². The zero-order valence-electron chi connectivity index (χ0n) is 5.89. The van der Waals surface area contributed by atoms with Crippen LogP contribution in [0, 0.1) is 0 Å². The predicted molar refractivity (Wildman–Crippen MR) is 38.3 cm³/mol. The molecule has 0 saturated heterocycles.